The fraction of sp³-hybridized carbons (Fsp3) is 0.222. The summed E-state index contributed by atoms with van der Waals surface area (Å²) in [4.78, 5) is 21.9. The van der Waals surface area contributed by atoms with Crippen molar-refractivity contribution in [1.29, 1.82) is 0 Å². The van der Waals surface area contributed by atoms with E-state index in [4.69, 9.17) is 4.74 Å². The standard InChI is InChI=1S/C18H19N3O2/c1-23-10-9-21(12-14-5-3-2-4-6-14)18(22)15-7-8-16-17(11-15)20-13-19-16/h2-8,11,13H,9-10,12H2,1H3,(H,19,20). The van der Waals surface area contributed by atoms with Crippen LogP contribution in [0.25, 0.3) is 11.0 Å². The van der Waals surface area contributed by atoms with Crippen molar-refractivity contribution < 1.29 is 9.53 Å². The summed E-state index contributed by atoms with van der Waals surface area (Å²) in [6.45, 7) is 1.61. The van der Waals surface area contributed by atoms with Crippen LogP contribution in [0.15, 0.2) is 54.9 Å². The van der Waals surface area contributed by atoms with Crippen molar-refractivity contribution in [2.24, 2.45) is 0 Å². The molecule has 3 rings (SSSR count). The van der Waals surface area contributed by atoms with Gasteiger partial charge in [-0.1, -0.05) is 30.3 Å². The summed E-state index contributed by atoms with van der Waals surface area (Å²) in [5.41, 5.74) is 3.46. The van der Waals surface area contributed by atoms with E-state index in [1.54, 1.807) is 18.3 Å². The Morgan fingerprint density at radius 1 is 1.22 bits per heavy atom. The number of H-pyrrole nitrogens is 1. The Labute approximate surface area is 134 Å². The number of imidazole rings is 1. The van der Waals surface area contributed by atoms with Gasteiger partial charge in [0.05, 0.1) is 24.0 Å². The average molecular weight is 309 g/mol. The number of carbonyl (C=O) groups excluding carboxylic acids is 1. The Kier molecular flexibility index (Phi) is 4.68. The molecule has 1 N–H and O–H groups in total. The van der Waals surface area contributed by atoms with Gasteiger partial charge in [0.15, 0.2) is 0 Å². The van der Waals surface area contributed by atoms with E-state index in [0.29, 0.717) is 25.3 Å². The molecule has 5 heteroatoms. The molecule has 0 fully saturated rings. The van der Waals surface area contributed by atoms with Crippen molar-refractivity contribution in [3.05, 3.63) is 66.0 Å². The number of amides is 1. The van der Waals surface area contributed by atoms with Crippen molar-refractivity contribution in [1.82, 2.24) is 14.9 Å². The Hall–Kier alpha value is -2.66. The Balaban J connectivity index is 1.83. The number of hydrogen-bond acceptors (Lipinski definition) is 3. The highest BCUT2D eigenvalue weighted by atomic mass is 16.5. The molecule has 0 atom stereocenters. The average Bonchev–Trinajstić information content (AvgIpc) is 3.06. The summed E-state index contributed by atoms with van der Waals surface area (Å²) in [7, 11) is 1.64. The monoisotopic (exact) mass is 309 g/mol. The van der Waals surface area contributed by atoms with Crippen LogP contribution < -0.4 is 0 Å². The van der Waals surface area contributed by atoms with E-state index in [2.05, 4.69) is 9.97 Å². The number of ether oxygens (including phenoxy) is 1. The summed E-state index contributed by atoms with van der Waals surface area (Å²) in [6, 6.07) is 15.5. The molecule has 0 spiro atoms. The first-order valence-corrected chi connectivity index (χ1v) is 7.53. The third-order valence-corrected chi connectivity index (χ3v) is 3.74. The molecule has 0 aliphatic rings. The van der Waals surface area contributed by atoms with Crippen molar-refractivity contribution in [3.63, 3.8) is 0 Å². The molecule has 0 saturated carbocycles. The third kappa shape index (κ3) is 3.57. The van der Waals surface area contributed by atoms with Gasteiger partial charge in [0.2, 0.25) is 0 Å². The molecule has 0 aliphatic heterocycles. The van der Waals surface area contributed by atoms with Gasteiger partial charge in [0, 0.05) is 25.8 Å². The highest BCUT2D eigenvalue weighted by Gasteiger charge is 2.16. The van der Waals surface area contributed by atoms with Gasteiger partial charge in [-0.15, -0.1) is 0 Å². The van der Waals surface area contributed by atoms with E-state index in [9.17, 15) is 4.79 Å². The predicted octanol–water partition coefficient (Wildman–Crippen LogP) is 2.85. The molecular weight excluding hydrogens is 290 g/mol. The zero-order valence-electron chi connectivity index (χ0n) is 13.0. The van der Waals surface area contributed by atoms with Crippen molar-refractivity contribution in [2.75, 3.05) is 20.3 Å². The van der Waals surface area contributed by atoms with Gasteiger partial charge in [-0.05, 0) is 23.8 Å². The van der Waals surface area contributed by atoms with E-state index >= 15 is 0 Å². The molecule has 0 aliphatic carbocycles. The summed E-state index contributed by atoms with van der Waals surface area (Å²) in [5, 5.41) is 0. The minimum atomic E-state index is -0.0117. The number of methoxy groups -OCH3 is 1. The molecule has 1 aromatic heterocycles. The molecule has 2 aromatic carbocycles. The molecule has 118 valence electrons. The van der Waals surface area contributed by atoms with Crippen LogP contribution >= 0.6 is 0 Å². The number of rotatable bonds is 6. The van der Waals surface area contributed by atoms with E-state index < -0.39 is 0 Å². The molecule has 1 heterocycles. The molecule has 0 saturated heterocycles. The maximum Gasteiger partial charge on any atom is 0.254 e. The molecule has 0 unspecified atom stereocenters. The van der Waals surface area contributed by atoms with Gasteiger partial charge in [-0.2, -0.15) is 0 Å². The van der Waals surface area contributed by atoms with Crippen LogP contribution in [0.3, 0.4) is 0 Å². The van der Waals surface area contributed by atoms with Crippen LogP contribution in [0, 0.1) is 0 Å². The summed E-state index contributed by atoms with van der Waals surface area (Å²) in [6.07, 6.45) is 1.63. The Morgan fingerprint density at radius 2 is 2.04 bits per heavy atom. The van der Waals surface area contributed by atoms with Crippen LogP contribution in [0.5, 0.6) is 0 Å². The van der Waals surface area contributed by atoms with Crippen molar-refractivity contribution in [3.8, 4) is 0 Å². The van der Waals surface area contributed by atoms with Gasteiger partial charge in [0.25, 0.3) is 5.91 Å². The molecular formula is C18H19N3O2. The SMILES string of the molecule is COCCN(Cc1ccccc1)C(=O)c1ccc2nc[nH]c2c1. The lowest BCUT2D eigenvalue weighted by Crippen LogP contribution is -2.33. The quantitative estimate of drug-likeness (QED) is 0.761. The van der Waals surface area contributed by atoms with Crippen LogP contribution in [0.2, 0.25) is 0 Å². The van der Waals surface area contributed by atoms with E-state index in [-0.39, 0.29) is 5.91 Å². The molecule has 3 aromatic rings. The van der Waals surface area contributed by atoms with Gasteiger partial charge in [0.1, 0.15) is 0 Å². The fourth-order valence-corrected chi connectivity index (χ4v) is 2.51. The van der Waals surface area contributed by atoms with Crippen LogP contribution in [0.1, 0.15) is 15.9 Å². The molecule has 1 amide bonds. The van der Waals surface area contributed by atoms with Gasteiger partial charge >= 0.3 is 0 Å². The number of benzene rings is 2. The normalized spacial score (nSPS) is 10.8. The van der Waals surface area contributed by atoms with Crippen molar-refractivity contribution >= 4 is 16.9 Å². The Bertz CT molecular complexity index is 783. The first-order valence-electron chi connectivity index (χ1n) is 7.53. The van der Waals surface area contributed by atoms with Gasteiger partial charge < -0.3 is 14.6 Å². The highest BCUT2D eigenvalue weighted by molar-refractivity contribution is 5.97. The summed E-state index contributed by atoms with van der Waals surface area (Å²) >= 11 is 0. The Morgan fingerprint density at radius 3 is 2.83 bits per heavy atom. The predicted molar refractivity (Wildman–Crippen MR) is 89.2 cm³/mol. The third-order valence-electron chi connectivity index (χ3n) is 3.74. The largest absolute Gasteiger partial charge is 0.383 e. The van der Waals surface area contributed by atoms with Crippen molar-refractivity contribution in [2.45, 2.75) is 6.54 Å². The van der Waals surface area contributed by atoms with Gasteiger partial charge in [-0.3, -0.25) is 4.79 Å². The lowest BCUT2D eigenvalue weighted by atomic mass is 10.1. The van der Waals surface area contributed by atoms with Crippen LogP contribution in [0.4, 0.5) is 0 Å². The van der Waals surface area contributed by atoms with Crippen LogP contribution in [-0.2, 0) is 11.3 Å². The number of hydrogen-bond donors (Lipinski definition) is 1. The molecule has 23 heavy (non-hydrogen) atoms. The zero-order valence-corrected chi connectivity index (χ0v) is 13.0. The van der Waals surface area contributed by atoms with Crippen LogP contribution in [-0.4, -0.2) is 41.0 Å². The second kappa shape index (κ2) is 7.07. The maximum absolute atomic E-state index is 12.9. The van der Waals surface area contributed by atoms with E-state index in [0.717, 1.165) is 16.6 Å². The first-order chi connectivity index (χ1) is 11.3. The van der Waals surface area contributed by atoms with Gasteiger partial charge in [-0.25, -0.2) is 4.98 Å². The number of nitrogens with zero attached hydrogens (tertiary/aromatic N) is 2. The van der Waals surface area contributed by atoms with E-state index in [1.807, 2.05) is 48.5 Å². The second-order valence-electron chi connectivity index (χ2n) is 5.34. The number of nitrogens with one attached hydrogen (secondary N) is 1. The fourth-order valence-electron chi connectivity index (χ4n) is 2.51. The topological polar surface area (TPSA) is 58.2 Å². The number of carbonyl (C=O) groups is 1. The lowest BCUT2D eigenvalue weighted by molar-refractivity contribution is 0.0680. The lowest BCUT2D eigenvalue weighted by Gasteiger charge is -2.22. The number of aromatic nitrogens is 2. The summed E-state index contributed by atoms with van der Waals surface area (Å²) < 4.78 is 5.14. The summed E-state index contributed by atoms with van der Waals surface area (Å²) in [5.74, 6) is -0.0117. The molecule has 0 radical (unpaired) electrons. The minimum Gasteiger partial charge on any atom is -0.383 e. The number of fused-ring (bicyclic) bond motifs is 1. The first kappa shape index (κ1) is 15.2. The molecule has 5 nitrogen and oxygen atoms in total. The maximum atomic E-state index is 12.9. The zero-order chi connectivity index (χ0) is 16.1. The highest BCUT2D eigenvalue weighted by Crippen LogP contribution is 2.15. The number of aromatic amines is 1. The molecule has 0 bridgehead atoms. The second-order valence-corrected chi connectivity index (χ2v) is 5.34. The minimum absolute atomic E-state index is 0.0117. The van der Waals surface area contributed by atoms with E-state index in [1.165, 1.54) is 0 Å². The smallest absolute Gasteiger partial charge is 0.254 e.